The van der Waals surface area contributed by atoms with Crippen molar-refractivity contribution in [1.82, 2.24) is 9.80 Å². The summed E-state index contributed by atoms with van der Waals surface area (Å²) < 4.78 is 5.40. The second-order valence-corrected chi connectivity index (χ2v) is 8.12. The van der Waals surface area contributed by atoms with Crippen molar-refractivity contribution in [3.05, 3.63) is 42.1 Å². The van der Waals surface area contributed by atoms with Crippen LogP contribution in [0.1, 0.15) is 40.2 Å². The van der Waals surface area contributed by atoms with Crippen LogP contribution in [0.3, 0.4) is 0 Å². The largest absolute Gasteiger partial charge is 0.445 e. The van der Waals surface area contributed by atoms with Gasteiger partial charge >= 0.3 is 6.09 Å². The van der Waals surface area contributed by atoms with Gasteiger partial charge in [-0.1, -0.05) is 32.6 Å². The molecule has 0 aromatic heterocycles. The Morgan fingerprint density at radius 1 is 1.12 bits per heavy atom. The summed E-state index contributed by atoms with van der Waals surface area (Å²) in [6.07, 6.45) is -0.314. The van der Waals surface area contributed by atoms with Gasteiger partial charge in [-0.05, 0) is 44.4 Å². The summed E-state index contributed by atoms with van der Waals surface area (Å²) in [5.74, 6) is 0.396. The molecule has 0 unspecified atom stereocenters. The van der Waals surface area contributed by atoms with E-state index in [2.05, 4.69) is 51.4 Å². The van der Waals surface area contributed by atoms with Gasteiger partial charge in [0.05, 0.1) is 0 Å². The molecule has 0 saturated carbocycles. The van der Waals surface area contributed by atoms with E-state index in [1.807, 2.05) is 31.3 Å². The number of nitrogens with zero attached hydrogens (tertiary/aromatic N) is 2. The highest BCUT2D eigenvalue weighted by Crippen LogP contribution is 2.16. The number of rotatable bonds is 8. The lowest BCUT2D eigenvalue weighted by molar-refractivity contribution is 0.102. The van der Waals surface area contributed by atoms with Crippen molar-refractivity contribution in [2.75, 3.05) is 32.5 Å². The van der Waals surface area contributed by atoms with Gasteiger partial charge in [-0.25, -0.2) is 4.79 Å². The van der Waals surface area contributed by atoms with Crippen LogP contribution in [-0.2, 0) is 11.3 Å². The molecule has 1 aromatic carbocycles. The fourth-order valence-corrected chi connectivity index (χ4v) is 2.35. The summed E-state index contributed by atoms with van der Waals surface area (Å²) in [5.41, 5.74) is 3.11. The third-order valence-electron chi connectivity index (χ3n) is 4.07. The number of benzene rings is 1. The summed E-state index contributed by atoms with van der Waals surface area (Å²) in [4.78, 5) is 15.8. The number of hydrogen-bond acceptors (Lipinski definition) is 4. The molecule has 0 radical (unpaired) electrons. The molecule has 0 heterocycles. The van der Waals surface area contributed by atoms with Crippen LogP contribution in [0.15, 0.2) is 36.5 Å². The monoisotopic (exact) mass is 361 g/mol. The highest BCUT2D eigenvalue weighted by Gasteiger charge is 2.13. The molecule has 1 amide bonds. The second-order valence-electron chi connectivity index (χ2n) is 8.12. The topological polar surface area (TPSA) is 44.8 Å². The second kappa shape index (κ2) is 9.51. The Balaban J connectivity index is 2.42. The first-order chi connectivity index (χ1) is 12.0. The SMILES string of the molecule is C=C(C(C)C)N(C)CCN(C)C(=O)OCc1ccc(NC(C)(C)C)cc1. The fourth-order valence-electron chi connectivity index (χ4n) is 2.35. The lowest BCUT2D eigenvalue weighted by atomic mass is 10.1. The Kier molecular flexibility index (Phi) is 8.00. The fraction of sp³-hybridized carbons (Fsp3) is 0.571. The predicted molar refractivity (Wildman–Crippen MR) is 109 cm³/mol. The minimum atomic E-state index is -0.314. The zero-order chi connectivity index (χ0) is 19.9. The van der Waals surface area contributed by atoms with Crippen LogP contribution in [0.5, 0.6) is 0 Å². The lowest BCUT2D eigenvalue weighted by Gasteiger charge is -2.26. The number of allylic oxidation sites excluding steroid dienone is 1. The Morgan fingerprint density at radius 2 is 1.65 bits per heavy atom. The minimum Gasteiger partial charge on any atom is -0.445 e. The molecule has 0 fully saturated rings. The van der Waals surface area contributed by atoms with E-state index < -0.39 is 0 Å². The van der Waals surface area contributed by atoms with Gasteiger partial charge in [0.15, 0.2) is 0 Å². The molecule has 0 aliphatic heterocycles. The molecule has 0 bridgehead atoms. The number of hydrogen-bond donors (Lipinski definition) is 1. The van der Waals surface area contributed by atoms with Gasteiger partial charge in [0.1, 0.15) is 6.61 Å². The van der Waals surface area contributed by atoms with Crippen LogP contribution in [0.25, 0.3) is 0 Å². The van der Waals surface area contributed by atoms with Crippen LogP contribution >= 0.6 is 0 Å². The van der Waals surface area contributed by atoms with E-state index in [0.29, 0.717) is 12.5 Å². The Hall–Kier alpha value is -2.17. The lowest BCUT2D eigenvalue weighted by Crippen LogP contribution is -2.35. The van der Waals surface area contributed by atoms with Gasteiger partial charge < -0.3 is 19.9 Å². The van der Waals surface area contributed by atoms with Crippen molar-refractivity contribution in [1.29, 1.82) is 0 Å². The highest BCUT2D eigenvalue weighted by molar-refractivity contribution is 5.67. The molecule has 26 heavy (non-hydrogen) atoms. The summed E-state index contributed by atoms with van der Waals surface area (Å²) >= 11 is 0. The van der Waals surface area contributed by atoms with Gasteiger partial charge in [0.2, 0.25) is 0 Å². The van der Waals surface area contributed by atoms with Crippen molar-refractivity contribution in [2.24, 2.45) is 5.92 Å². The maximum atomic E-state index is 12.1. The summed E-state index contributed by atoms with van der Waals surface area (Å²) in [6, 6.07) is 7.96. The Morgan fingerprint density at radius 3 is 2.15 bits per heavy atom. The maximum absolute atomic E-state index is 12.1. The third-order valence-corrected chi connectivity index (χ3v) is 4.07. The number of anilines is 1. The quantitative estimate of drug-likeness (QED) is 0.737. The van der Waals surface area contributed by atoms with E-state index in [9.17, 15) is 4.79 Å². The number of likely N-dealkylation sites (N-methyl/N-ethyl adjacent to an activating group) is 2. The average molecular weight is 362 g/mol. The number of ether oxygens (including phenoxy) is 1. The molecule has 5 nitrogen and oxygen atoms in total. The number of amides is 1. The van der Waals surface area contributed by atoms with Crippen molar-refractivity contribution >= 4 is 11.8 Å². The standard InChI is InChI=1S/C21H35N3O2/c1-16(2)17(3)23(7)13-14-24(8)20(25)26-15-18-9-11-19(12-10-18)22-21(4,5)6/h9-12,16,22H,3,13-15H2,1-2,4-8H3. The van der Waals surface area contributed by atoms with Crippen LogP contribution in [0.4, 0.5) is 10.5 Å². The van der Waals surface area contributed by atoms with Gasteiger partial charge in [-0.2, -0.15) is 0 Å². The zero-order valence-corrected chi connectivity index (χ0v) is 17.4. The first-order valence-electron chi connectivity index (χ1n) is 9.14. The predicted octanol–water partition coefficient (Wildman–Crippen LogP) is 4.57. The first-order valence-corrected chi connectivity index (χ1v) is 9.14. The zero-order valence-electron chi connectivity index (χ0n) is 17.4. The normalized spacial score (nSPS) is 11.2. The van der Waals surface area contributed by atoms with Gasteiger partial charge in [-0.15, -0.1) is 0 Å². The maximum Gasteiger partial charge on any atom is 0.409 e. The van der Waals surface area contributed by atoms with Crippen LogP contribution in [0.2, 0.25) is 0 Å². The van der Waals surface area contributed by atoms with E-state index in [1.54, 1.807) is 11.9 Å². The average Bonchev–Trinajstić information content (AvgIpc) is 2.56. The van der Waals surface area contributed by atoms with E-state index in [-0.39, 0.29) is 18.2 Å². The summed E-state index contributed by atoms with van der Waals surface area (Å²) in [5, 5.41) is 3.41. The molecule has 1 rings (SSSR count). The van der Waals surface area contributed by atoms with Crippen molar-refractivity contribution in [2.45, 2.75) is 46.8 Å². The molecule has 0 spiro atoms. The van der Waals surface area contributed by atoms with E-state index in [0.717, 1.165) is 23.5 Å². The molecule has 5 heteroatoms. The van der Waals surface area contributed by atoms with Crippen LogP contribution in [0, 0.1) is 5.92 Å². The van der Waals surface area contributed by atoms with Crippen molar-refractivity contribution < 1.29 is 9.53 Å². The number of carbonyl (C=O) groups excluding carboxylic acids is 1. The third kappa shape index (κ3) is 7.81. The first kappa shape index (κ1) is 21.9. The molecular formula is C21H35N3O2. The van der Waals surface area contributed by atoms with Gasteiger partial charge in [0, 0.05) is 44.1 Å². The molecule has 1 aromatic rings. The van der Waals surface area contributed by atoms with Crippen LogP contribution in [-0.4, -0.2) is 48.6 Å². The van der Waals surface area contributed by atoms with Crippen molar-refractivity contribution in [3.8, 4) is 0 Å². The molecular weight excluding hydrogens is 326 g/mol. The molecule has 0 atom stereocenters. The van der Waals surface area contributed by atoms with E-state index >= 15 is 0 Å². The van der Waals surface area contributed by atoms with Gasteiger partial charge in [0.25, 0.3) is 0 Å². The van der Waals surface area contributed by atoms with Gasteiger partial charge in [-0.3, -0.25) is 0 Å². The van der Waals surface area contributed by atoms with E-state index in [1.165, 1.54) is 0 Å². The molecule has 0 aliphatic carbocycles. The van der Waals surface area contributed by atoms with E-state index in [4.69, 9.17) is 4.74 Å². The molecule has 1 N–H and O–H groups in total. The number of carbonyl (C=O) groups is 1. The molecule has 0 saturated heterocycles. The minimum absolute atomic E-state index is 0.0186. The highest BCUT2D eigenvalue weighted by atomic mass is 16.6. The molecule has 146 valence electrons. The summed E-state index contributed by atoms with van der Waals surface area (Å²) in [7, 11) is 3.75. The smallest absolute Gasteiger partial charge is 0.409 e. The summed E-state index contributed by atoms with van der Waals surface area (Å²) in [6.45, 7) is 16.2. The van der Waals surface area contributed by atoms with Crippen LogP contribution < -0.4 is 5.32 Å². The van der Waals surface area contributed by atoms with Crippen molar-refractivity contribution in [3.63, 3.8) is 0 Å². The Labute approximate surface area is 159 Å². The number of nitrogens with one attached hydrogen (secondary N) is 1. The Bertz CT molecular complexity index is 588. The molecule has 0 aliphatic rings.